The Bertz CT molecular complexity index is 433. The fourth-order valence-electron chi connectivity index (χ4n) is 3.54. The number of nitrogens with zero attached hydrogens (tertiary/aromatic N) is 2. The third-order valence-electron chi connectivity index (χ3n) is 4.30. The van der Waals surface area contributed by atoms with Gasteiger partial charge in [-0.2, -0.15) is 0 Å². The fraction of sp³-hybridized carbons (Fsp3) is 0.800. The third kappa shape index (κ3) is 1.99. The average molecular weight is 247 g/mol. The van der Waals surface area contributed by atoms with Crippen molar-refractivity contribution in [3.63, 3.8) is 0 Å². The Balaban J connectivity index is 2.09. The van der Waals surface area contributed by atoms with E-state index in [9.17, 15) is 0 Å². The molecule has 1 aromatic heterocycles. The summed E-state index contributed by atoms with van der Waals surface area (Å²) >= 11 is 0. The molecule has 0 aromatic carbocycles. The van der Waals surface area contributed by atoms with Gasteiger partial charge in [-0.05, 0) is 33.6 Å². The highest BCUT2D eigenvalue weighted by molar-refractivity contribution is 5.24. The van der Waals surface area contributed by atoms with Crippen molar-refractivity contribution in [2.24, 2.45) is 0 Å². The molecule has 0 amide bonds. The van der Waals surface area contributed by atoms with E-state index in [1.807, 2.05) is 0 Å². The number of nitrogens with one attached hydrogen (secondary N) is 1. The molecule has 3 nitrogen and oxygen atoms in total. The molecule has 1 aliphatic heterocycles. The SMILES string of the molecule is CC(C)(C)n1c(C2CCCC2)nc2c1CCNC2. The maximum absolute atomic E-state index is 5.00. The van der Waals surface area contributed by atoms with Gasteiger partial charge in [-0.15, -0.1) is 0 Å². The first-order chi connectivity index (χ1) is 8.57. The zero-order chi connectivity index (χ0) is 12.8. The van der Waals surface area contributed by atoms with E-state index >= 15 is 0 Å². The molecule has 1 aromatic rings. The second-order valence-electron chi connectivity index (χ2n) is 6.78. The highest BCUT2D eigenvalue weighted by atomic mass is 15.2. The van der Waals surface area contributed by atoms with Crippen LogP contribution in [0.4, 0.5) is 0 Å². The molecule has 0 saturated heterocycles. The van der Waals surface area contributed by atoms with Gasteiger partial charge < -0.3 is 9.88 Å². The molecule has 2 heterocycles. The molecule has 1 fully saturated rings. The normalized spacial score (nSPS) is 21.3. The van der Waals surface area contributed by atoms with Gasteiger partial charge in [-0.25, -0.2) is 4.98 Å². The van der Waals surface area contributed by atoms with Crippen molar-refractivity contribution in [2.45, 2.75) is 70.9 Å². The van der Waals surface area contributed by atoms with E-state index in [1.165, 1.54) is 42.9 Å². The standard InChI is InChI=1S/C15H25N3/c1-15(2,3)18-13-8-9-16-10-12(13)17-14(18)11-6-4-5-7-11/h11,16H,4-10H2,1-3H3. The van der Waals surface area contributed by atoms with Crippen LogP contribution in [0.15, 0.2) is 0 Å². The van der Waals surface area contributed by atoms with Gasteiger partial charge in [0, 0.05) is 36.7 Å². The highest BCUT2D eigenvalue weighted by Gasteiger charge is 2.31. The van der Waals surface area contributed by atoms with Crippen molar-refractivity contribution in [3.05, 3.63) is 17.2 Å². The Labute approximate surface area is 110 Å². The van der Waals surface area contributed by atoms with Gasteiger partial charge in [-0.1, -0.05) is 12.8 Å². The molecule has 0 bridgehead atoms. The molecule has 0 atom stereocenters. The van der Waals surface area contributed by atoms with Crippen LogP contribution >= 0.6 is 0 Å². The molecule has 0 spiro atoms. The van der Waals surface area contributed by atoms with Gasteiger partial charge in [-0.3, -0.25) is 0 Å². The number of rotatable bonds is 1. The molecule has 18 heavy (non-hydrogen) atoms. The maximum atomic E-state index is 5.00. The van der Waals surface area contributed by atoms with Crippen LogP contribution in [0.5, 0.6) is 0 Å². The lowest BCUT2D eigenvalue weighted by atomic mass is 10.0. The van der Waals surface area contributed by atoms with E-state index in [0.29, 0.717) is 5.92 Å². The minimum absolute atomic E-state index is 0.163. The summed E-state index contributed by atoms with van der Waals surface area (Å²) in [5, 5.41) is 3.45. The van der Waals surface area contributed by atoms with Gasteiger partial charge >= 0.3 is 0 Å². The van der Waals surface area contributed by atoms with E-state index in [1.54, 1.807) is 0 Å². The zero-order valence-corrected chi connectivity index (χ0v) is 11.9. The van der Waals surface area contributed by atoms with E-state index < -0.39 is 0 Å². The number of hydrogen-bond acceptors (Lipinski definition) is 2. The van der Waals surface area contributed by atoms with E-state index in [2.05, 4.69) is 30.7 Å². The highest BCUT2D eigenvalue weighted by Crippen LogP contribution is 2.37. The molecular formula is C15H25N3. The molecule has 1 aliphatic carbocycles. The maximum Gasteiger partial charge on any atom is 0.112 e. The van der Waals surface area contributed by atoms with Gasteiger partial charge in [0.1, 0.15) is 5.82 Å². The van der Waals surface area contributed by atoms with E-state index in [-0.39, 0.29) is 5.54 Å². The fourth-order valence-corrected chi connectivity index (χ4v) is 3.54. The van der Waals surface area contributed by atoms with Crippen molar-refractivity contribution in [2.75, 3.05) is 6.54 Å². The van der Waals surface area contributed by atoms with Crippen LogP contribution in [0.1, 0.15) is 69.6 Å². The number of imidazole rings is 1. The number of fused-ring (bicyclic) bond motifs is 1. The quantitative estimate of drug-likeness (QED) is 0.827. The molecule has 3 heteroatoms. The molecular weight excluding hydrogens is 222 g/mol. The third-order valence-corrected chi connectivity index (χ3v) is 4.30. The largest absolute Gasteiger partial charge is 0.326 e. The van der Waals surface area contributed by atoms with Crippen LogP contribution in [0.25, 0.3) is 0 Å². The molecule has 100 valence electrons. The monoisotopic (exact) mass is 247 g/mol. The second kappa shape index (κ2) is 4.37. The lowest BCUT2D eigenvalue weighted by molar-refractivity contribution is 0.357. The summed E-state index contributed by atoms with van der Waals surface area (Å²) in [5.41, 5.74) is 2.96. The van der Waals surface area contributed by atoms with Crippen molar-refractivity contribution < 1.29 is 0 Å². The van der Waals surface area contributed by atoms with Gasteiger partial charge in [0.2, 0.25) is 0 Å². The summed E-state index contributed by atoms with van der Waals surface area (Å²) in [5.74, 6) is 2.07. The number of hydrogen-bond donors (Lipinski definition) is 1. The van der Waals surface area contributed by atoms with E-state index in [4.69, 9.17) is 4.98 Å². The first-order valence-corrected chi connectivity index (χ1v) is 7.39. The predicted octanol–water partition coefficient (Wildman–Crippen LogP) is 2.94. The van der Waals surface area contributed by atoms with Crippen molar-refractivity contribution >= 4 is 0 Å². The van der Waals surface area contributed by atoms with Crippen molar-refractivity contribution in [1.82, 2.24) is 14.9 Å². The van der Waals surface area contributed by atoms with Crippen LogP contribution in [0, 0.1) is 0 Å². The summed E-state index contributed by atoms with van der Waals surface area (Å²) in [6.07, 6.45) is 6.56. The Hall–Kier alpha value is -0.830. The number of aromatic nitrogens is 2. The molecule has 0 unspecified atom stereocenters. The smallest absolute Gasteiger partial charge is 0.112 e. The summed E-state index contributed by atoms with van der Waals surface area (Å²) in [4.78, 5) is 5.00. The average Bonchev–Trinajstić information content (AvgIpc) is 2.94. The van der Waals surface area contributed by atoms with Crippen LogP contribution in [0.3, 0.4) is 0 Å². The zero-order valence-electron chi connectivity index (χ0n) is 11.9. The first kappa shape index (κ1) is 12.2. The van der Waals surface area contributed by atoms with Gasteiger partial charge in [0.15, 0.2) is 0 Å². The molecule has 0 radical (unpaired) electrons. The molecule has 1 saturated carbocycles. The van der Waals surface area contributed by atoms with Crippen LogP contribution in [0.2, 0.25) is 0 Å². The lowest BCUT2D eigenvalue weighted by Gasteiger charge is -2.29. The summed E-state index contributed by atoms with van der Waals surface area (Å²) in [6.45, 7) is 9.00. The van der Waals surface area contributed by atoms with Crippen molar-refractivity contribution in [1.29, 1.82) is 0 Å². The van der Waals surface area contributed by atoms with Crippen LogP contribution in [-0.2, 0) is 18.5 Å². The second-order valence-corrected chi connectivity index (χ2v) is 6.78. The summed E-state index contributed by atoms with van der Waals surface area (Å²) in [7, 11) is 0. The van der Waals surface area contributed by atoms with Crippen LogP contribution in [-0.4, -0.2) is 16.1 Å². The molecule has 3 rings (SSSR count). The molecule has 2 aliphatic rings. The Morgan fingerprint density at radius 2 is 1.94 bits per heavy atom. The van der Waals surface area contributed by atoms with Crippen molar-refractivity contribution in [3.8, 4) is 0 Å². The Morgan fingerprint density at radius 1 is 1.22 bits per heavy atom. The van der Waals surface area contributed by atoms with Gasteiger partial charge in [0.25, 0.3) is 0 Å². The summed E-state index contributed by atoms with van der Waals surface area (Å²) in [6, 6.07) is 0. The predicted molar refractivity (Wildman–Crippen MR) is 73.8 cm³/mol. The van der Waals surface area contributed by atoms with Crippen LogP contribution < -0.4 is 5.32 Å². The topological polar surface area (TPSA) is 29.9 Å². The minimum Gasteiger partial charge on any atom is -0.326 e. The Morgan fingerprint density at radius 3 is 2.61 bits per heavy atom. The minimum atomic E-state index is 0.163. The Kier molecular flexibility index (Phi) is 2.97. The molecule has 1 N–H and O–H groups in total. The summed E-state index contributed by atoms with van der Waals surface area (Å²) < 4.78 is 2.55. The lowest BCUT2D eigenvalue weighted by Crippen LogP contribution is -2.31. The van der Waals surface area contributed by atoms with E-state index in [0.717, 1.165) is 19.5 Å². The first-order valence-electron chi connectivity index (χ1n) is 7.39. The van der Waals surface area contributed by atoms with Gasteiger partial charge in [0.05, 0.1) is 5.69 Å².